The van der Waals surface area contributed by atoms with Crippen molar-refractivity contribution in [3.8, 4) is 11.5 Å². The lowest BCUT2D eigenvalue weighted by atomic mass is 10.1. The van der Waals surface area contributed by atoms with Gasteiger partial charge in [-0.25, -0.2) is 0 Å². The summed E-state index contributed by atoms with van der Waals surface area (Å²) in [6.45, 7) is 2.08. The zero-order valence-electron chi connectivity index (χ0n) is 14.5. The number of hydrogen-bond donors (Lipinski definition) is 0. The van der Waals surface area contributed by atoms with Crippen LogP contribution in [0, 0.1) is 0 Å². The molecular formula is C23H19NO2. The van der Waals surface area contributed by atoms with Gasteiger partial charge in [-0.3, -0.25) is 9.78 Å². The van der Waals surface area contributed by atoms with Gasteiger partial charge in [0.25, 0.3) is 0 Å². The van der Waals surface area contributed by atoms with E-state index in [-0.39, 0.29) is 0 Å². The highest BCUT2D eigenvalue weighted by atomic mass is 16.5. The first kappa shape index (κ1) is 17.4. The quantitative estimate of drug-likeness (QED) is 0.430. The van der Waals surface area contributed by atoms with Gasteiger partial charge in [-0.2, -0.15) is 0 Å². The summed E-state index contributed by atoms with van der Waals surface area (Å²) in [6.07, 6.45) is 9.70. The number of carbonyl (C=O) groups excluding carboxylic acids is 1. The second kappa shape index (κ2) is 8.58. The number of benzene rings is 2. The van der Waals surface area contributed by atoms with Crippen molar-refractivity contribution in [2.45, 2.75) is 6.92 Å². The van der Waals surface area contributed by atoms with Gasteiger partial charge in [0, 0.05) is 12.4 Å². The normalized spacial score (nSPS) is 11.5. The van der Waals surface area contributed by atoms with Gasteiger partial charge >= 0.3 is 0 Å². The fraction of sp³-hybridized carbons (Fsp3) is 0.0435. The molecular weight excluding hydrogens is 322 g/mol. The maximum absolute atomic E-state index is 10.3. The van der Waals surface area contributed by atoms with Gasteiger partial charge in [0.05, 0.1) is 0 Å². The molecule has 0 atom stereocenters. The van der Waals surface area contributed by atoms with Crippen molar-refractivity contribution in [3.63, 3.8) is 0 Å². The van der Waals surface area contributed by atoms with Crippen LogP contribution in [0.1, 0.15) is 23.6 Å². The topological polar surface area (TPSA) is 39.2 Å². The third kappa shape index (κ3) is 4.77. The fourth-order valence-electron chi connectivity index (χ4n) is 2.51. The highest BCUT2D eigenvalue weighted by Gasteiger charge is 2.00. The van der Waals surface area contributed by atoms with E-state index < -0.39 is 0 Å². The summed E-state index contributed by atoms with van der Waals surface area (Å²) in [5, 5.41) is 0. The largest absolute Gasteiger partial charge is 0.457 e. The number of hydrogen-bond acceptors (Lipinski definition) is 3. The number of aldehydes is 1. The smallest absolute Gasteiger partial charge is 0.142 e. The van der Waals surface area contributed by atoms with E-state index in [1.54, 1.807) is 12.3 Å². The molecule has 0 fully saturated rings. The summed E-state index contributed by atoms with van der Waals surface area (Å²) < 4.78 is 5.87. The summed E-state index contributed by atoms with van der Waals surface area (Å²) in [7, 11) is 0. The average molecular weight is 341 g/mol. The molecule has 0 radical (unpaired) electrons. The summed E-state index contributed by atoms with van der Waals surface area (Å²) in [6, 6.07) is 19.5. The number of nitrogens with zero attached hydrogens (tertiary/aromatic N) is 1. The fourth-order valence-corrected chi connectivity index (χ4v) is 2.51. The molecule has 3 aromatic rings. The maximum Gasteiger partial charge on any atom is 0.142 e. The van der Waals surface area contributed by atoms with Gasteiger partial charge < -0.3 is 4.74 Å². The molecule has 3 rings (SSSR count). The molecule has 3 heteroatoms. The maximum atomic E-state index is 10.3. The molecule has 0 saturated heterocycles. The first-order chi connectivity index (χ1) is 12.7. The number of pyridine rings is 1. The van der Waals surface area contributed by atoms with E-state index in [0.29, 0.717) is 0 Å². The van der Waals surface area contributed by atoms with Crippen LogP contribution in [0.25, 0.3) is 17.7 Å². The summed E-state index contributed by atoms with van der Waals surface area (Å²) in [4.78, 5) is 14.5. The Bertz CT molecular complexity index is 909. The molecule has 0 aliphatic rings. The zero-order valence-corrected chi connectivity index (χ0v) is 14.5. The third-order valence-corrected chi connectivity index (χ3v) is 3.86. The molecule has 0 spiro atoms. The van der Waals surface area contributed by atoms with Crippen molar-refractivity contribution in [2.24, 2.45) is 0 Å². The van der Waals surface area contributed by atoms with Gasteiger partial charge in [0.15, 0.2) is 0 Å². The minimum Gasteiger partial charge on any atom is -0.457 e. The van der Waals surface area contributed by atoms with Crippen molar-refractivity contribution < 1.29 is 9.53 Å². The predicted molar refractivity (Wildman–Crippen MR) is 106 cm³/mol. The number of rotatable bonds is 6. The molecule has 26 heavy (non-hydrogen) atoms. The van der Waals surface area contributed by atoms with Gasteiger partial charge in [0.1, 0.15) is 17.8 Å². The van der Waals surface area contributed by atoms with E-state index in [2.05, 4.69) is 18.0 Å². The molecule has 0 N–H and O–H groups in total. The lowest BCUT2D eigenvalue weighted by molar-refractivity contribution is -0.104. The second-order valence-electron chi connectivity index (χ2n) is 5.80. The number of ether oxygens (including phenoxy) is 1. The van der Waals surface area contributed by atoms with Crippen molar-refractivity contribution in [1.29, 1.82) is 0 Å². The Kier molecular flexibility index (Phi) is 5.73. The molecule has 0 aliphatic heterocycles. The minimum absolute atomic E-state index is 0.753. The number of aromatic nitrogens is 1. The van der Waals surface area contributed by atoms with Gasteiger partial charge in [-0.15, -0.1) is 0 Å². The van der Waals surface area contributed by atoms with E-state index >= 15 is 0 Å². The highest BCUT2D eigenvalue weighted by molar-refractivity contribution is 5.80. The van der Waals surface area contributed by atoms with Crippen molar-refractivity contribution in [1.82, 2.24) is 4.98 Å². The predicted octanol–water partition coefficient (Wildman–Crippen LogP) is 5.65. The Morgan fingerprint density at radius 3 is 2.23 bits per heavy atom. The van der Waals surface area contributed by atoms with Gasteiger partial charge in [-0.1, -0.05) is 36.4 Å². The van der Waals surface area contributed by atoms with Crippen LogP contribution in [0.3, 0.4) is 0 Å². The Morgan fingerprint density at radius 1 is 0.923 bits per heavy atom. The molecule has 2 aromatic carbocycles. The van der Waals surface area contributed by atoms with Crippen LogP contribution in [0.15, 0.2) is 79.1 Å². The summed E-state index contributed by atoms with van der Waals surface area (Å²) in [5.41, 5.74) is 4.33. The van der Waals surface area contributed by atoms with Gasteiger partial charge in [-0.05, 0) is 71.7 Å². The molecule has 1 heterocycles. The number of allylic oxidation sites excluding steroid dienone is 2. The monoisotopic (exact) mass is 341 g/mol. The SMILES string of the molecule is C/C(=C/c1cccnc1)c1ccc(Oc2ccc(/C=C/C=O)cc2)cc1. The first-order valence-corrected chi connectivity index (χ1v) is 8.33. The van der Waals surface area contributed by atoms with E-state index in [4.69, 9.17) is 4.74 Å². The van der Waals surface area contributed by atoms with E-state index in [0.717, 1.165) is 40.0 Å². The lowest BCUT2D eigenvalue weighted by Crippen LogP contribution is -1.86. The van der Waals surface area contributed by atoms with Crippen LogP contribution in [0.4, 0.5) is 0 Å². The van der Waals surface area contributed by atoms with Crippen LogP contribution in [0.2, 0.25) is 0 Å². The Balaban J connectivity index is 1.68. The molecule has 0 amide bonds. The Labute approximate surface area is 153 Å². The van der Waals surface area contributed by atoms with Gasteiger partial charge in [0.2, 0.25) is 0 Å². The summed E-state index contributed by atoms with van der Waals surface area (Å²) in [5.74, 6) is 1.53. The third-order valence-electron chi connectivity index (χ3n) is 3.86. The van der Waals surface area contributed by atoms with Crippen LogP contribution in [-0.2, 0) is 4.79 Å². The molecule has 3 nitrogen and oxygen atoms in total. The van der Waals surface area contributed by atoms with Crippen LogP contribution < -0.4 is 4.74 Å². The van der Waals surface area contributed by atoms with E-state index in [1.165, 1.54) is 6.08 Å². The minimum atomic E-state index is 0.753. The van der Waals surface area contributed by atoms with E-state index in [1.807, 2.05) is 66.9 Å². The number of carbonyl (C=O) groups is 1. The van der Waals surface area contributed by atoms with Crippen molar-refractivity contribution in [2.75, 3.05) is 0 Å². The molecule has 0 unspecified atom stereocenters. The molecule has 1 aromatic heterocycles. The molecule has 128 valence electrons. The Morgan fingerprint density at radius 2 is 1.62 bits per heavy atom. The van der Waals surface area contributed by atoms with Crippen molar-refractivity contribution in [3.05, 3.63) is 95.8 Å². The second-order valence-corrected chi connectivity index (χ2v) is 5.80. The summed E-state index contributed by atoms with van der Waals surface area (Å²) >= 11 is 0. The van der Waals surface area contributed by atoms with Crippen LogP contribution in [-0.4, -0.2) is 11.3 Å². The molecule has 0 aliphatic carbocycles. The first-order valence-electron chi connectivity index (χ1n) is 8.33. The average Bonchev–Trinajstić information content (AvgIpc) is 2.69. The molecule has 0 saturated carbocycles. The lowest BCUT2D eigenvalue weighted by Gasteiger charge is -2.08. The Hall–Kier alpha value is -3.46. The van der Waals surface area contributed by atoms with Crippen LogP contribution >= 0.6 is 0 Å². The van der Waals surface area contributed by atoms with E-state index in [9.17, 15) is 4.79 Å². The van der Waals surface area contributed by atoms with Crippen molar-refractivity contribution >= 4 is 24.0 Å². The highest BCUT2D eigenvalue weighted by Crippen LogP contribution is 2.25. The molecule has 0 bridgehead atoms. The standard InChI is InChI=1S/C23H19NO2/c1-18(16-20-4-2-14-24-17-20)21-8-12-23(13-9-21)26-22-10-6-19(7-11-22)5-3-15-25/h2-17H,1H3/b5-3+,18-16-. The zero-order chi connectivity index (χ0) is 18.2. The van der Waals surface area contributed by atoms with Crippen LogP contribution in [0.5, 0.6) is 11.5 Å².